The Morgan fingerprint density at radius 2 is 1.96 bits per heavy atom. The number of hydrogen-bond donors (Lipinski definition) is 3. The number of primary amides is 1. The number of likely N-dealkylation sites (tertiary alicyclic amines) is 1. The smallest absolute Gasteiger partial charge is 0.243 e. The summed E-state index contributed by atoms with van der Waals surface area (Å²) in [5.41, 5.74) is 7.97. The first-order chi connectivity index (χ1) is 10.8. The van der Waals surface area contributed by atoms with Crippen LogP contribution < -0.4 is 16.5 Å². The van der Waals surface area contributed by atoms with Gasteiger partial charge in [0, 0.05) is 6.54 Å². The highest BCUT2D eigenvalue weighted by Gasteiger charge is 2.37. The van der Waals surface area contributed by atoms with E-state index >= 15 is 0 Å². The van der Waals surface area contributed by atoms with Gasteiger partial charge in [-0.2, -0.15) is 5.48 Å². The molecule has 4 N–H and O–H groups in total. The molecule has 1 aliphatic rings. The molecule has 1 saturated heterocycles. The minimum absolute atomic E-state index is 0.111. The number of carbonyl (C=O) groups is 3. The third kappa shape index (κ3) is 5.18. The molecular formula is C15H28N4O4. The molecular weight excluding hydrogens is 300 g/mol. The Hall–Kier alpha value is -1.67. The standard InChI is InChI=1S/C15H28N4O4/c1-5-23-18-10(4)15(22)19-8-6-7-11(19)14(21)17-12(9(2)3)13(16)20/h9-12,18H,5-8H2,1-4H3,(H2,16,20)(H,17,21). The number of amides is 3. The monoisotopic (exact) mass is 328 g/mol. The predicted octanol–water partition coefficient (Wildman–Crippen LogP) is -0.467. The number of nitrogens with one attached hydrogen (secondary N) is 2. The zero-order valence-electron chi connectivity index (χ0n) is 14.3. The van der Waals surface area contributed by atoms with E-state index in [2.05, 4.69) is 10.8 Å². The van der Waals surface area contributed by atoms with Gasteiger partial charge >= 0.3 is 0 Å². The van der Waals surface area contributed by atoms with Gasteiger partial charge in [0.05, 0.1) is 6.61 Å². The molecule has 0 aliphatic carbocycles. The summed E-state index contributed by atoms with van der Waals surface area (Å²) in [7, 11) is 0. The number of nitrogens with zero attached hydrogens (tertiary/aromatic N) is 1. The number of nitrogens with two attached hydrogens (primary N) is 1. The van der Waals surface area contributed by atoms with Gasteiger partial charge in [-0.3, -0.25) is 14.4 Å². The Balaban J connectivity index is 2.72. The van der Waals surface area contributed by atoms with E-state index in [4.69, 9.17) is 10.6 Å². The lowest BCUT2D eigenvalue weighted by Crippen LogP contribution is -2.56. The van der Waals surface area contributed by atoms with Crippen LogP contribution in [0.2, 0.25) is 0 Å². The van der Waals surface area contributed by atoms with Crippen LogP contribution in [0.4, 0.5) is 0 Å². The Morgan fingerprint density at radius 3 is 2.48 bits per heavy atom. The molecule has 3 atom stereocenters. The van der Waals surface area contributed by atoms with Crippen LogP contribution in [0.25, 0.3) is 0 Å². The van der Waals surface area contributed by atoms with E-state index in [0.717, 1.165) is 6.42 Å². The van der Waals surface area contributed by atoms with E-state index in [1.165, 1.54) is 4.90 Å². The highest BCUT2D eigenvalue weighted by atomic mass is 16.6. The van der Waals surface area contributed by atoms with Crippen LogP contribution in [-0.2, 0) is 19.2 Å². The van der Waals surface area contributed by atoms with E-state index in [0.29, 0.717) is 19.6 Å². The summed E-state index contributed by atoms with van der Waals surface area (Å²) in [6.45, 7) is 8.06. The SMILES string of the molecule is CCONC(C)C(=O)N1CCCC1C(=O)NC(C(N)=O)C(C)C. The van der Waals surface area contributed by atoms with Crippen LogP contribution in [0, 0.1) is 5.92 Å². The highest BCUT2D eigenvalue weighted by Crippen LogP contribution is 2.19. The Morgan fingerprint density at radius 1 is 1.30 bits per heavy atom. The molecule has 0 bridgehead atoms. The van der Waals surface area contributed by atoms with Crippen molar-refractivity contribution in [1.82, 2.24) is 15.7 Å². The minimum atomic E-state index is -0.737. The fourth-order valence-corrected chi connectivity index (χ4v) is 2.63. The molecule has 23 heavy (non-hydrogen) atoms. The van der Waals surface area contributed by atoms with Crippen molar-refractivity contribution in [3.63, 3.8) is 0 Å². The maximum absolute atomic E-state index is 12.5. The van der Waals surface area contributed by atoms with Gasteiger partial charge in [0.1, 0.15) is 18.1 Å². The van der Waals surface area contributed by atoms with Crippen molar-refractivity contribution < 1.29 is 19.2 Å². The average Bonchev–Trinajstić information content (AvgIpc) is 2.97. The first kappa shape index (κ1) is 19.4. The molecule has 1 heterocycles. The predicted molar refractivity (Wildman–Crippen MR) is 84.9 cm³/mol. The largest absolute Gasteiger partial charge is 0.368 e. The van der Waals surface area contributed by atoms with E-state index in [9.17, 15) is 14.4 Å². The Labute approximate surface area is 137 Å². The second-order valence-electron chi connectivity index (χ2n) is 6.09. The third-order valence-electron chi connectivity index (χ3n) is 3.88. The summed E-state index contributed by atoms with van der Waals surface area (Å²) < 4.78 is 0. The summed E-state index contributed by atoms with van der Waals surface area (Å²) in [4.78, 5) is 42.9. The van der Waals surface area contributed by atoms with Crippen molar-refractivity contribution in [2.45, 2.75) is 58.7 Å². The highest BCUT2D eigenvalue weighted by molar-refractivity contribution is 5.93. The van der Waals surface area contributed by atoms with E-state index in [-0.39, 0.29) is 17.7 Å². The van der Waals surface area contributed by atoms with Gasteiger partial charge in [-0.05, 0) is 32.6 Å². The fraction of sp³-hybridized carbons (Fsp3) is 0.800. The molecule has 0 saturated carbocycles. The van der Waals surface area contributed by atoms with Crippen LogP contribution in [0.5, 0.6) is 0 Å². The van der Waals surface area contributed by atoms with Crippen molar-refractivity contribution >= 4 is 17.7 Å². The molecule has 0 aromatic heterocycles. The molecule has 3 unspecified atom stereocenters. The average molecular weight is 328 g/mol. The summed E-state index contributed by atoms with van der Waals surface area (Å²) in [5.74, 6) is -1.22. The number of hydroxylamine groups is 1. The van der Waals surface area contributed by atoms with Gasteiger partial charge < -0.3 is 20.8 Å². The maximum atomic E-state index is 12.5. The molecule has 8 nitrogen and oxygen atoms in total. The van der Waals surface area contributed by atoms with Crippen LogP contribution >= 0.6 is 0 Å². The van der Waals surface area contributed by atoms with Crippen LogP contribution in [0.15, 0.2) is 0 Å². The lowest BCUT2D eigenvalue weighted by molar-refractivity contribution is -0.143. The van der Waals surface area contributed by atoms with Crippen molar-refractivity contribution in [2.24, 2.45) is 11.7 Å². The van der Waals surface area contributed by atoms with Crippen molar-refractivity contribution in [3.8, 4) is 0 Å². The van der Waals surface area contributed by atoms with Gasteiger partial charge in [0.15, 0.2) is 0 Å². The number of hydrogen-bond acceptors (Lipinski definition) is 5. The molecule has 0 aromatic rings. The lowest BCUT2D eigenvalue weighted by Gasteiger charge is -2.28. The normalized spacial score (nSPS) is 20.4. The van der Waals surface area contributed by atoms with E-state index in [1.54, 1.807) is 20.8 Å². The molecule has 0 aromatic carbocycles. The zero-order chi connectivity index (χ0) is 17.6. The number of rotatable bonds is 8. The molecule has 0 spiro atoms. The number of carbonyl (C=O) groups excluding carboxylic acids is 3. The molecule has 132 valence electrons. The molecule has 0 radical (unpaired) electrons. The lowest BCUT2D eigenvalue weighted by atomic mass is 10.0. The summed E-state index contributed by atoms with van der Waals surface area (Å²) >= 11 is 0. The van der Waals surface area contributed by atoms with Crippen molar-refractivity contribution in [2.75, 3.05) is 13.2 Å². The fourth-order valence-electron chi connectivity index (χ4n) is 2.63. The molecule has 1 fully saturated rings. The molecule has 1 rings (SSSR count). The summed E-state index contributed by atoms with van der Waals surface area (Å²) in [6, 6.07) is -1.85. The molecule has 8 heteroatoms. The van der Waals surface area contributed by atoms with Crippen molar-refractivity contribution in [3.05, 3.63) is 0 Å². The maximum Gasteiger partial charge on any atom is 0.243 e. The van der Waals surface area contributed by atoms with Gasteiger partial charge in [-0.15, -0.1) is 0 Å². The summed E-state index contributed by atoms with van der Waals surface area (Å²) in [5, 5.41) is 2.67. The van der Waals surface area contributed by atoms with Gasteiger partial charge in [0.25, 0.3) is 0 Å². The Bertz CT molecular complexity index is 441. The first-order valence-electron chi connectivity index (χ1n) is 8.07. The third-order valence-corrected chi connectivity index (χ3v) is 3.88. The van der Waals surface area contributed by atoms with Gasteiger partial charge in [-0.1, -0.05) is 13.8 Å². The molecule has 1 aliphatic heterocycles. The van der Waals surface area contributed by atoms with Crippen LogP contribution in [-0.4, -0.2) is 53.9 Å². The topological polar surface area (TPSA) is 114 Å². The van der Waals surface area contributed by atoms with Crippen molar-refractivity contribution in [1.29, 1.82) is 0 Å². The van der Waals surface area contributed by atoms with Gasteiger partial charge in [0.2, 0.25) is 17.7 Å². The zero-order valence-corrected chi connectivity index (χ0v) is 14.3. The molecule has 3 amide bonds. The Kier molecular flexibility index (Phi) is 7.44. The summed E-state index contributed by atoms with van der Waals surface area (Å²) in [6.07, 6.45) is 1.32. The first-order valence-corrected chi connectivity index (χ1v) is 8.07. The van der Waals surface area contributed by atoms with Crippen LogP contribution in [0.1, 0.15) is 40.5 Å². The quantitative estimate of drug-likeness (QED) is 0.521. The second kappa shape index (κ2) is 8.83. The second-order valence-corrected chi connectivity index (χ2v) is 6.09. The van der Waals surface area contributed by atoms with Gasteiger partial charge in [-0.25, -0.2) is 0 Å². The van der Waals surface area contributed by atoms with E-state index in [1.807, 2.05) is 6.92 Å². The van der Waals surface area contributed by atoms with Crippen LogP contribution in [0.3, 0.4) is 0 Å². The van der Waals surface area contributed by atoms with E-state index < -0.39 is 24.0 Å². The minimum Gasteiger partial charge on any atom is -0.368 e.